The minimum Gasteiger partial charge on any atom is -0.480 e. The number of likely N-dealkylation sites (N-methyl/N-ethyl adjacent to an activating group) is 1. The van der Waals surface area contributed by atoms with E-state index in [-0.39, 0.29) is 24.9 Å². The number of aliphatic carboxylic acids is 1. The van der Waals surface area contributed by atoms with Gasteiger partial charge in [0, 0.05) is 25.9 Å². The van der Waals surface area contributed by atoms with E-state index in [0.717, 1.165) is 27.8 Å². The second kappa shape index (κ2) is 13.3. The molecule has 0 bridgehead atoms. The summed E-state index contributed by atoms with van der Waals surface area (Å²) < 4.78 is 5.71. The molecule has 9 heteroatoms. The molecule has 1 aliphatic heterocycles. The first-order chi connectivity index (χ1) is 21.2. The highest BCUT2D eigenvalue weighted by atomic mass is 16.5. The summed E-state index contributed by atoms with van der Waals surface area (Å²) in [5, 5.41) is 12.5. The molecule has 5 rings (SSSR count). The van der Waals surface area contributed by atoms with Crippen molar-refractivity contribution in [3.8, 4) is 11.1 Å². The van der Waals surface area contributed by atoms with Crippen LogP contribution in [0.15, 0.2) is 78.9 Å². The molecule has 230 valence electrons. The van der Waals surface area contributed by atoms with Crippen molar-refractivity contribution in [1.29, 1.82) is 0 Å². The molecule has 1 fully saturated rings. The number of nitrogens with zero attached hydrogens (tertiary/aromatic N) is 2. The topological polar surface area (TPSA) is 116 Å². The highest BCUT2D eigenvalue weighted by Crippen LogP contribution is 2.44. The summed E-state index contributed by atoms with van der Waals surface area (Å²) in [5.41, 5.74) is 5.24. The van der Waals surface area contributed by atoms with E-state index < -0.39 is 42.0 Å². The first-order valence-corrected chi connectivity index (χ1v) is 15.1. The number of fused-ring (bicyclic) bond motifs is 3. The number of carbonyl (C=O) groups excluding carboxylic acids is 3. The van der Waals surface area contributed by atoms with Crippen LogP contribution in [0.4, 0.5) is 4.79 Å². The van der Waals surface area contributed by atoms with Gasteiger partial charge in [-0.05, 0) is 46.6 Å². The number of hydrogen-bond acceptors (Lipinski definition) is 5. The standard InChI is InChI=1S/C35H39N3O6/c1-22(2)31(36-35(43)44-21-28-26-16-9-7-14-24(26)25-15-8-10-17-27(25)28)33(40)37(3)30(20-23-12-5-4-6-13-23)32(39)38-19-11-18-29(38)34(41)42/h4-10,12-17,22,28-31H,11,18-21H2,1-3H3,(H,36,43)(H,41,42)/t29-,30+,31-/m0/s1. The molecule has 3 aromatic carbocycles. The number of carboxylic acids is 1. The SMILES string of the molecule is CC(C)[C@H](NC(=O)OCC1c2ccccc2-c2ccccc21)C(=O)N(C)[C@H](Cc1ccccc1)C(=O)N1CCC[C@H]1C(=O)O. The van der Waals surface area contributed by atoms with Crippen LogP contribution >= 0.6 is 0 Å². The van der Waals surface area contributed by atoms with Crippen LogP contribution in [0.2, 0.25) is 0 Å². The molecule has 0 spiro atoms. The van der Waals surface area contributed by atoms with Gasteiger partial charge in [0.25, 0.3) is 0 Å². The van der Waals surface area contributed by atoms with Gasteiger partial charge in [0.2, 0.25) is 11.8 Å². The van der Waals surface area contributed by atoms with E-state index in [2.05, 4.69) is 17.4 Å². The highest BCUT2D eigenvalue weighted by Gasteiger charge is 2.41. The molecule has 0 saturated carbocycles. The normalized spacial score (nSPS) is 17.0. The molecule has 3 amide bonds. The van der Waals surface area contributed by atoms with Crippen LogP contribution in [-0.2, 0) is 25.5 Å². The molecule has 0 radical (unpaired) electrons. The largest absolute Gasteiger partial charge is 0.480 e. The van der Waals surface area contributed by atoms with Gasteiger partial charge < -0.3 is 25.0 Å². The average Bonchev–Trinajstić information content (AvgIpc) is 3.65. The molecule has 0 unspecified atom stereocenters. The van der Waals surface area contributed by atoms with E-state index in [1.54, 1.807) is 0 Å². The third-order valence-electron chi connectivity index (χ3n) is 8.74. The molecule has 44 heavy (non-hydrogen) atoms. The number of likely N-dealkylation sites (tertiary alicyclic amines) is 1. The van der Waals surface area contributed by atoms with Crippen molar-refractivity contribution < 1.29 is 29.0 Å². The van der Waals surface area contributed by atoms with E-state index in [0.29, 0.717) is 19.4 Å². The van der Waals surface area contributed by atoms with Crippen LogP contribution in [0.3, 0.4) is 0 Å². The van der Waals surface area contributed by atoms with Crippen molar-refractivity contribution in [2.24, 2.45) is 5.92 Å². The number of nitrogens with one attached hydrogen (secondary N) is 1. The number of carbonyl (C=O) groups is 4. The van der Waals surface area contributed by atoms with Crippen molar-refractivity contribution in [3.63, 3.8) is 0 Å². The Labute approximate surface area is 257 Å². The number of carboxylic acid groups (broad SMARTS) is 1. The van der Waals surface area contributed by atoms with Gasteiger partial charge in [-0.2, -0.15) is 0 Å². The molecule has 2 aliphatic rings. The number of rotatable bonds is 10. The van der Waals surface area contributed by atoms with Gasteiger partial charge in [0.1, 0.15) is 24.7 Å². The molecule has 1 aliphatic carbocycles. The second-order valence-corrected chi connectivity index (χ2v) is 11.9. The first-order valence-electron chi connectivity index (χ1n) is 15.1. The number of benzene rings is 3. The van der Waals surface area contributed by atoms with Crippen LogP contribution in [0.25, 0.3) is 11.1 Å². The smallest absolute Gasteiger partial charge is 0.407 e. The summed E-state index contributed by atoms with van der Waals surface area (Å²) in [6.07, 6.45) is 0.440. The van der Waals surface area contributed by atoms with Crippen LogP contribution in [0.1, 0.15) is 49.3 Å². The lowest BCUT2D eigenvalue weighted by atomic mass is 9.98. The van der Waals surface area contributed by atoms with E-state index in [9.17, 15) is 24.3 Å². The Morgan fingerprint density at radius 1 is 0.932 bits per heavy atom. The first kappa shape index (κ1) is 30.8. The van der Waals surface area contributed by atoms with Crippen LogP contribution in [0.5, 0.6) is 0 Å². The molecule has 3 aromatic rings. The van der Waals surface area contributed by atoms with Crippen LogP contribution < -0.4 is 5.32 Å². The van der Waals surface area contributed by atoms with Crippen molar-refractivity contribution in [1.82, 2.24) is 15.1 Å². The molecule has 9 nitrogen and oxygen atoms in total. The second-order valence-electron chi connectivity index (χ2n) is 11.9. The lowest BCUT2D eigenvalue weighted by Gasteiger charge is -2.35. The van der Waals surface area contributed by atoms with Gasteiger partial charge in [-0.25, -0.2) is 9.59 Å². The van der Waals surface area contributed by atoms with Gasteiger partial charge in [0.15, 0.2) is 0 Å². The predicted octanol–water partition coefficient (Wildman–Crippen LogP) is 4.70. The maximum Gasteiger partial charge on any atom is 0.407 e. The Kier molecular flexibility index (Phi) is 9.32. The van der Waals surface area contributed by atoms with Crippen molar-refractivity contribution in [2.75, 3.05) is 20.2 Å². The number of amides is 3. The zero-order valence-corrected chi connectivity index (χ0v) is 25.3. The zero-order valence-electron chi connectivity index (χ0n) is 25.3. The molecular weight excluding hydrogens is 558 g/mol. The zero-order chi connectivity index (χ0) is 31.4. The Morgan fingerprint density at radius 3 is 2.11 bits per heavy atom. The minimum atomic E-state index is -1.06. The van der Waals surface area contributed by atoms with E-state index in [4.69, 9.17) is 4.74 Å². The number of ether oxygens (including phenoxy) is 1. The average molecular weight is 598 g/mol. The lowest BCUT2D eigenvalue weighted by molar-refractivity contribution is -0.152. The molecule has 2 N–H and O–H groups in total. The number of alkyl carbamates (subject to hydrolysis) is 1. The maximum absolute atomic E-state index is 13.9. The predicted molar refractivity (Wildman–Crippen MR) is 166 cm³/mol. The summed E-state index contributed by atoms with van der Waals surface area (Å²) >= 11 is 0. The van der Waals surface area contributed by atoms with Crippen LogP contribution in [0, 0.1) is 5.92 Å². The molecular formula is C35H39N3O6. The summed E-state index contributed by atoms with van der Waals surface area (Å²) in [7, 11) is 1.54. The fourth-order valence-corrected chi connectivity index (χ4v) is 6.36. The summed E-state index contributed by atoms with van der Waals surface area (Å²) in [6, 6.07) is 22.6. The van der Waals surface area contributed by atoms with Gasteiger partial charge in [-0.15, -0.1) is 0 Å². The third-order valence-corrected chi connectivity index (χ3v) is 8.74. The fraction of sp³-hybridized carbons (Fsp3) is 0.371. The van der Waals surface area contributed by atoms with Gasteiger partial charge in [0.05, 0.1) is 0 Å². The van der Waals surface area contributed by atoms with Crippen molar-refractivity contribution >= 4 is 23.9 Å². The number of hydrogen-bond donors (Lipinski definition) is 2. The lowest BCUT2D eigenvalue weighted by Crippen LogP contribution is -2.58. The quantitative estimate of drug-likeness (QED) is 0.350. The Hall–Kier alpha value is -4.66. The third kappa shape index (κ3) is 6.32. The fourth-order valence-electron chi connectivity index (χ4n) is 6.36. The molecule has 0 aromatic heterocycles. The molecule has 3 atom stereocenters. The Morgan fingerprint density at radius 2 is 1.52 bits per heavy atom. The van der Waals surface area contributed by atoms with Gasteiger partial charge in [-0.3, -0.25) is 9.59 Å². The monoisotopic (exact) mass is 597 g/mol. The van der Waals surface area contributed by atoms with E-state index in [1.807, 2.05) is 80.6 Å². The molecule has 1 saturated heterocycles. The summed E-state index contributed by atoms with van der Waals surface area (Å²) in [6.45, 7) is 4.05. The summed E-state index contributed by atoms with van der Waals surface area (Å²) in [5.74, 6) is -2.36. The Bertz CT molecular complexity index is 1480. The summed E-state index contributed by atoms with van der Waals surface area (Å²) in [4.78, 5) is 55.5. The van der Waals surface area contributed by atoms with Gasteiger partial charge in [-0.1, -0.05) is 92.7 Å². The van der Waals surface area contributed by atoms with Crippen molar-refractivity contribution in [2.45, 2.75) is 57.2 Å². The van der Waals surface area contributed by atoms with Crippen LogP contribution in [-0.4, -0.2) is 77.1 Å². The minimum absolute atomic E-state index is 0.107. The maximum atomic E-state index is 13.9. The molecule has 1 heterocycles. The van der Waals surface area contributed by atoms with E-state index >= 15 is 0 Å². The Balaban J connectivity index is 1.31. The van der Waals surface area contributed by atoms with Crippen molar-refractivity contribution in [3.05, 3.63) is 95.6 Å². The highest BCUT2D eigenvalue weighted by molar-refractivity contribution is 5.93. The van der Waals surface area contributed by atoms with Gasteiger partial charge >= 0.3 is 12.1 Å². The van der Waals surface area contributed by atoms with E-state index in [1.165, 1.54) is 16.8 Å².